The maximum Gasteiger partial charge on any atom is 0.0569 e. The molecule has 65 valence electrons. The number of nitrogens with one attached hydrogen (secondary N) is 1. The second kappa shape index (κ2) is 3.72. The minimum absolute atomic E-state index is 0.805. The molecule has 3 nitrogen and oxygen atoms in total. The summed E-state index contributed by atoms with van der Waals surface area (Å²) in [5, 5.41) is 7.51. The van der Waals surface area contributed by atoms with E-state index < -0.39 is 0 Å². The van der Waals surface area contributed by atoms with Crippen molar-refractivity contribution in [3.05, 3.63) is 18.5 Å². The van der Waals surface area contributed by atoms with Gasteiger partial charge in [0.1, 0.15) is 0 Å². The molecule has 0 bridgehead atoms. The summed E-state index contributed by atoms with van der Waals surface area (Å²) >= 11 is 0. The molecule has 0 amide bonds. The van der Waals surface area contributed by atoms with E-state index in [1.807, 2.05) is 10.9 Å². The Morgan fingerprint density at radius 2 is 2.33 bits per heavy atom. The Morgan fingerprint density at radius 1 is 1.50 bits per heavy atom. The van der Waals surface area contributed by atoms with Crippen molar-refractivity contribution in [2.45, 2.75) is 19.4 Å². The van der Waals surface area contributed by atoms with Crippen LogP contribution in [0.2, 0.25) is 0 Å². The fraction of sp³-hybridized carbons (Fsp3) is 0.667. The Hall–Kier alpha value is -0.830. The molecule has 1 radical (unpaired) electrons. The Morgan fingerprint density at radius 3 is 3.00 bits per heavy atom. The normalized spacial score (nSPS) is 19.7. The maximum atomic E-state index is 4.15. The fourth-order valence-corrected chi connectivity index (χ4v) is 1.69. The van der Waals surface area contributed by atoms with E-state index in [1.165, 1.54) is 12.8 Å². The molecule has 0 aliphatic carbocycles. The molecule has 1 saturated heterocycles. The van der Waals surface area contributed by atoms with Crippen molar-refractivity contribution in [2.75, 3.05) is 13.1 Å². The highest BCUT2D eigenvalue weighted by atomic mass is 15.3. The molecule has 0 atom stereocenters. The number of aromatic nitrogens is 2. The highest BCUT2D eigenvalue weighted by Crippen LogP contribution is 2.13. The molecule has 1 aliphatic rings. The van der Waals surface area contributed by atoms with Gasteiger partial charge in [0.25, 0.3) is 0 Å². The Kier molecular flexibility index (Phi) is 2.42. The van der Waals surface area contributed by atoms with Crippen LogP contribution in [0.15, 0.2) is 12.4 Å². The zero-order valence-corrected chi connectivity index (χ0v) is 7.16. The zero-order valence-electron chi connectivity index (χ0n) is 7.16. The molecule has 1 fully saturated rings. The first-order valence-electron chi connectivity index (χ1n) is 4.54. The van der Waals surface area contributed by atoms with Crippen molar-refractivity contribution in [1.82, 2.24) is 15.1 Å². The van der Waals surface area contributed by atoms with Crippen LogP contribution in [-0.2, 0) is 6.54 Å². The molecule has 0 saturated carbocycles. The van der Waals surface area contributed by atoms with E-state index in [2.05, 4.69) is 16.5 Å². The minimum atomic E-state index is 0.805. The van der Waals surface area contributed by atoms with Crippen molar-refractivity contribution in [1.29, 1.82) is 0 Å². The van der Waals surface area contributed by atoms with Crippen LogP contribution < -0.4 is 5.32 Å². The molecule has 2 heterocycles. The molecule has 1 aromatic heterocycles. The first kappa shape index (κ1) is 7.80. The highest BCUT2D eigenvalue weighted by Gasteiger charge is 2.12. The SMILES string of the molecule is [c]1cnn(CC2CCNCC2)c1. The highest BCUT2D eigenvalue weighted by molar-refractivity contribution is 4.77. The monoisotopic (exact) mass is 164 g/mol. The van der Waals surface area contributed by atoms with Crippen LogP contribution in [0.5, 0.6) is 0 Å². The van der Waals surface area contributed by atoms with Gasteiger partial charge < -0.3 is 5.32 Å². The standard InChI is InChI=1S/C9H14N3/c1-4-11-12(7-1)8-9-2-5-10-6-3-9/h4,7,9-10H,2-3,5-6,8H2. The molecular weight excluding hydrogens is 150 g/mol. The van der Waals surface area contributed by atoms with Crippen molar-refractivity contribution in [2.24, 2.45) is 5.92 Å². The molecule has 0 unspecified atom stereocenters. The topological polar surface area (TPSA) is 29.9 Å². The van der Waals surface area contributed by atoms with E-state index in [0.717, 1.165) is 25.6 Å². The van der Waals surface area contributed by atoms with E-state index in [4.69, 9.17) is 0 Å². The smallest absolute Gasteiger partial charge is 0.0569 e. The van der Waals surface area contributed by atoms with Crippen LogP contribution in [0, 0.1) is 12.0 Å². The largest absolute Gasteiger partial charge is 0.317 e. The maximum absolute atomic E-state index is 4.15. The number of hydrogen-bond acceptors (Lipinski definition) is 2. The van der Waals surface area contributed by atoms with Gasteiger partial charge >= 0.3 is 0 Å². The van der Waals surface area contributed by atoms with Crippen LogP contribution in [0.1, 0.15) is 12.8 Å². The van der Waals surface area contributed by atoms with Gasteiger partial charge in [-0.15, -0.1) is 0 Å². The van der Waals surface area contributed by atoms with Gasteiger partial charge in [0, 0.05) is 18.8 Å². The third-order valence-corrected chi connectivity index (χ3v) is 2.41. The van der Waals surface area contributed by atoms with E-state index in [-0.39, 0.29) is 0 Å². The second-order valence-electron chi connectivity index (χ2n) is 3.36. The van der Waals surface area contributed by atoms with E-state index >= 15 is 0 Å². The molecule has 1 aromatic rings. The van der Waals surface area contributed by atoms with Crippen LogP contribution in [0.25, 0.3) is 0 Å². The Bertz CT molecular complexity index is 212. The number of piperidine rings is 1. The number of hydrogen-bond donors (Lipinski definition) is 1. The zero-order chi connectivity index (χ0) is 8.23. The van der Waals surface area contributed by atoms with Crippen molar-refractivity contribution in [3.8, 4) is 0 Å². The lowest BCUT2D eigenvalue weighted by Crippen LogP contribution is -2.29. The molecule has 12 heavy (non-hydrogen) atoms. The summed E-state index contributed by atoms with van der Waals surface area (Å²) in [7, 11) is 0. The summed E-state index contributed by atoms with van der Waals surface area (Å²) in [5.41, 5.74) is 0. The summed E-state index contributed by atoms with van der Waals surface area (Å²) in [6.45, 7) is 3.39. The summed E-state index contributed by atoms with van der Waals surface area (Å²) in [6.07, 6.45) is 6.20. The summed E-state index contributed by atoms with van der Waals surface area (Å²) in [5.74, 6) is 0.805. The van der Waals surface area contributed by atoms with Gasteiger partial charge in [0.05, 0.1) is 6.20 Å². The van der Waals surface area contributed by atoms with Crippen LogP contribution in [0.4, 0.5) is 0 Å². The average Bonchev–Trinajstić information content (AvgIpc) is 2.59. The van der Waals surface area contributed by atoms with Gasteiger partial charge in [-0.3, -0.25) is 4.68 Å². The lowest BCUT2D eigenvalue weighted by Gasteiger charge is -2.22. The van der Waals surface area contributed by atoms with Gasteiger partial charge in [-0.2, -0.15) is 5.10 Å². The predicted molar refractivity (Wildman–Crippen MR) is 46.7 cm³/mol. The average molecular weight is 164 g/mol. The van der Waals surface area contributed by atoms with Crippen LogP contribution in [0.3, 0.4) is 0 Å². The van der Waals surface area contributed by atoms with Gasteiger partial charge in [-0.05, 0) is 31.8 Å². The first-order valence-corrected chi connectivity index (χ1v) is 4.54. The molecule has 1 aliphatic heterocycles. The number of rotatable bonds is 2. The molecule has 0 aromatic carbocycles. The van der Waals surface area contributed by atoms with Gasteiger partial charge in [-0.1, -0.05) is 0 Å². The predicted octanol–water partition coefficient (Wildman–Crippen LogP) is 0.683. The Balaban J connectivity index is 1.86. The van der Waals surface area contributed by atoms with E-state index in [1.54, 1.807) is 6.20 Å². The van der Waals surface area contributed by atoms with E-state index in [9.17, 15) is 0 Å². The summed E-state index contributed by atoms with van der Waals surface area (Å²) in [6, 6.07) is 2.96. The summed E-state index contributed by atoms with van der Waals surface area (Å²) < 4.78 is 1.98. The van der Waals surface area contributed by atoms with Gasteiger partial charge in [0.2, 0.25) is 0 Å². The lowest BCUT2D eigenvalue weighted by molar-refractivity contribution is 0.321. The molecule has 1 N–H and O–H groups in total. The number of nitrogens with zero attached hydrogens (tertiary/aromatic N) is 2. The molecule has 2 rings (SSSR count). The fourth-order valence-electron chi connectivity index (χ4n) is 1.69. The van der Waals surface area contributed by atoms with Crippen molar-refractivity contribution >= 4 is 0 Å². The first-order chi connectivity index (χ1) is 5.95. The lowest BCUT2D eigenvalue weighted by atomic mass is 9.98. The Labute approximate surface area is 72.8 Å². The third-order valence-electron chi connectivity index (χ3n) is 2.41. The quantitative estimate of drug-likeness (QED) is 0.696. The van der Waals surface area contributed by atoms with Gasteiger partial charge in [0.15, 0.2) is 0 Å². The summed E-state index contributed by atoms with van der Waals surface area (Å²) in [4.78, 5) is 0. The van der Waals surface area contributed by atoms with Gasteiger partial charge in [-0.25, -0.2) is 0 Å². The van der Waals surface area contributed by atoms with Crippen LogP contribution >= 0.6 is 0 Å². The third kappa shape index (κ3) is 1.85. The second-order valence-corrected chi connectivity index (χ2v) is 3.36. The van der Waals surface area contributed by atoms with E-state index in [0.29, 0.717) is 0 Å². The van der Waals surface area contributed by atoms with Crippen molar-refractivity contribution < 1.29 is 0 Å². The molecule has 3 heteroatoms. The molecule has 0 spiro atoms. The molecular formula is C9H14N3. The van der Waals surface area contributed by atoms with Crippen LogP contribution in [-0.4, -0.2) is 22.9 Å². The van der Waals surface area contributed by atoms with Crippen molar-refractivity contribution in [3.63, 3.8) is 0 Å². The minimum Gasteiger partial charge on any atom is -0.317 e.